The average Bonchev–Trinajstić information content (AvgIpc) is 3.11. The van der Waals surface area contributed by atoms with E-state index in [9.17, 15) is 18.8 Å². The summed E-state index contributed by atoms with van der Waals surface area (Å²) in [6.45, 7) is 1.86. The highest BCUT2D eigenvalue weighted by Gasteiger charge is 2.36. The minimum atomic E-state index is -0.618. The van der Waals surface area contributed by atoms with Crippen LogP contribution in [0.5, 0.6) is 11.5 Å². The molecule has 3 amide bonds. The third-order valence-corrected chi connectivity index (χ3v) is 6.92. The van der Waals surface area contributed by atoms with Crippen molar-refractivity contribution in [3.8, 4) is 11.5 Å². The number of hydrogen-bond acceptors (Lipinski definition) is 6. The minimum Gasteiger partial charge on any atom is -0.493 e. The van der Waals surface area contributed by atoms with Gasteiger partial charge in [-0.3, -0.25) is 19.3 Å². The topological polar surface area (TPSA) is 84.9 Å². The van der Waals surface area contributed by atoms with Crippen molar-refractivity contribution in [2.75, 3.05) is 19.0 Å². The van der Waals surface area contributed by atoms with Gasteiger partial charge in [-0.05, 0) is 66.2 Å². The van der Waals surface area contributed by atoms with Gasteiger partial charge in [0.2, 0.25) is 5.91 Å². The molecule has 3 aromatic carbocycles. The van der Waals surface area contributed by atoms with E-state index in [0.29, 0.717) is 28.1 Å². The molecule has 0 bridgehead atoms. The molecule has 0 saturated carbocycles. The van der Waals surface area contributed by atoms with Gasteiger partial charge in [-0.1, -0.05) is 51.8 Å². The number of hydrogen-bond donors (Lipinski definition) is 1. The largest absolute Gasteiger partial charge is 0.493 e. The lowest BCUT2D eigenvalue weighted by molar-refractivity contribution is -0.127. The number of aryl methyl sites for hydroxylation is 1. The molecular weight excluding hydrogens is 563 g/mol. The Hall–Kier alpha value is -3.63. The van der Waals surface area contributed by atoms with Crippen molar-refractivity contribution >= 4 is 56.5 Å². The van der Waals surface area contributed by atoms with Crippen LogP contribution in [0.15, 0.2) is 70.0 Å². The van der Waals surface area contributed by atoms with Crippen LogP contribution < -0.4 is 14.8 Å². The maximum absolute atomic E-state index is 13.4. The zero-order chi connectivity index (χ0) is 26.5. The van der Waals surface area contributed by atoms with Crippen LogP contribution in [0.25, 0.3) is 6.08 Å². The third-order valence-electron chi connectivity index (χ3n) is 5.33. The van der Waals surface area contributed by atoms with E-state index in [1.165, 1.54) is 25.3 Å². The predicted octanol–water partition coefficient (Wildman–Crippen LogP) is 6.16. The lowest BCUT2D eigenvalue weighted by Gasteiger charge is -2.14. The number of nitrogens with zero attached hydrogens (tertiary/aromatic N) is 1. The molecule has 1 aliphatic heterocycles. The number of thioether (sulfide) groups is 1. The second-order valence-electron chi connectivity index (χ2n) is 8.13. The minimum absolute atomic E-state index is 0.153. The summed E-state index contributed by atoms with van der Waals surface area (Å²) < 4.78 is 25.4. The van der Waals surface area contributed by atoms with Crippen LogP contribution >= 0.6 is 27.7 Å². The predicted molar refractivity (Wildman–Crippen MR) is 144 cm³/mol. The van der Waals surface area contributed by atoms with E-state index in [2.05, 4.69) is 21.2 Å². The number of ether oxygens (including phenoxy) is 2. The fourth-order valence-electron chi connectivity index (χ4n) is 3.58. The number of carbonyl (C=O) groups excluding carboxylic acids is 3. The van der Waals surface area contributed by atoms with Gasteiger partial charge in [0.15, 0.2) is 11.5 Å². The fourth-order valence-corrected chi connectivity index (χ4v) is 4.85. The highest BCUT2D eigenvalue weighted by molar-refractivity contribution is 9.10. The van der Waals surface area contributed by atoms with E-state index in [1.807, 2.05) is 31.2 Å². The molecule has 37 heavy (non-hydrogen) atoms. The van der Waals surface area contributed by atoms with Crippen molar-refractivity contribution in [2.45, 2.75) is 13.5 Å². The molecule has 0 aliphatic carbocycles. The summed E-state index contributed by atoms with van der Waals surface area (Å²) in [6, 6.07) is 16.7. The molecule has 3 aromatic rings. The fraction of sp³-hybridized carbons (Fsp3) is 0.148. The van der Waals surface area contributed by atoms with E-state index < -0.39 is 29.4 Å². The van der Waals surface area contributed by atoms with Gasteiger partial charge in [0.25, 0.3) is 11.1 Å². The Balaban J connectivity index is 1.47. The Morgan fingerprint density at radius 1 is 1.11 bits per heavy atom. The Bertz CT molecular complexity index is 1410. The molecule has 1 saturated heterocycles. The lowest BCUT2D eigenvalue weighted by Crippen LogP contribution is -2.36. The number of imide groups is 1. The Kier molecular flexibility index (Phi) is 8.30. The van der Waals surface area contributed by atoms with Gasteiger partial charge < -0.3 is 14.8 Å². The second kappa shape index (κ2) is 11.6. The number of benzene rings is 3. The van der Waals surface area contributed by atoms with Gasteiger partial charge in [0.05, 0.1) is 12.0 Å². The zero-order valence-electron chi connectivity index (χ0n) is 19.9. The first-order valence-electron chi connectivity index (χ1n) is 11.1. The van der Waals surface area contributed by atoms with Crippen molar-refractivity contribution in [1.29, 1.82) is 0 Å². The smallest absolute Gasteiger partial charge is 0.294 e. The standard InChI is InChI=1S/C27H22BrFN2O5S/c1-16-5-3-6-17(9-16)15-36-23-13-21(28)18(10-22(23)35-2)11-24-26(33)31(27(34)37-24)14-25(32)30-20-8-4-7-19(29)12-20/h3-13H,14-15H2,1-2H3,(H,30,32)/b24-11+. The number of anilines is 1. The summed E-state index contributed by atoms with van der Waals surface area (Å²) in [6.07, 6.45) is 1.55. The normalized spacial score (nSPS) is 14.3. The molecule has 1 aliphatic rings. The Morgan fingerprint density at radius 3 is 2.62 bits per heavy atom. The molecule has 0 aromatic heterocycles. The van der Waals surface area contributed by atoms with Crippen LogP contribution in [0.3, 0.4) is 0 Å². The van der Waals surface area contributed by atoms with Crippen LogP contribution in [0.2, 0.25) is 0 Å². The van der Waals surface area contributed by atoms with Crippen molar-refractivity contribution in [3.05, 3.63) is 92.5 Å². The van der Waals surface area contributed by atoms with E-state index in [0.717, 1.165) is 33.9 Å². The molecule has 0 radical (unpaired) electrons. The van der Waals surface area contributed by atoms with Crippen LogP contribution in [0.4, 0.5) is 14.9 Å². The van der Waals surface area contributed by atoms with E-state index in [-0.39, 0.29) is 10.6 Å². The van der Waals surface area contributed by atoms with E-state index in [4.69, 9.17) is 9.47 Å². The molecule has 190 valence electrons. The number of nitrogens with one attached hydrogen (secondary N) is 1. The summed E-state index contributed by atoms with van der Waals surface area (Å²) in [7, 11) is 1.51. The molecule has 0 atom stereocenters. The van der Waals surface area contributed by atoms with Crippen molar-refractivity contribution in [1.82, 2.24) is 4.90 Å². The van der Waals surface area contributed by atoms with Crippen LogP contribution in [0.1, 0.15) is 16.7 Å². The van der Waals surface area contributed by atoms with E-state index in [1.54, 1.807) is 18.2 Å². The summed E-state index contributed by atoms with van der Waals surface area (Å²) in [5.41, 5.74) is 2.96. The van der Waals surface area contributed by atoms with Crippen molar-refractivity contribution < 1.29 is 28.2 Å². The number of amides is 3. The molecule has 1 heterocycles. The lowest BCUT2D eigenvalue weighted by atomic mass is 10.1. The van der Waals surface area contributed by atoms with Gasteiger partial charge in [0.1, 0.15) is 19.0 Å². The van der Waals surface area contributed by atoms with Crippen LogP contribution in [-0.2, 0) is 16.2 Å². The Labute approximate surface area is 225 Å². The maximum Gasteiger partial charge on any atom is 0.294 e. The molecule has 10 heteroatoms. The van der Waals surface area contributed by atoms with Gasteiger partial charge in [-0.15, -0.1) is 0 Å². The Morgan fingerprint density at radius 2 is 1.89 bits per heavy atom. The molecule has 1 fully saturated rings. The number of halogens is 2. The molecule has 7 nitrogen and oxygen atoms in total. The number of methoxy groups -OCH3 is 1. The summed E-state index contributed by atoms with van der Waals surface area (Å²) in [5, 5.41) is 1.90. The maximum atomic E-state index is 13.4. The van der Waals surface area contributed by atoms with Crippen molar-refractivity contribution in [3.63, 3.8) is 0 Å². The first-order valence-corrected chi connectivity index (χ1v) is 12.7. The first kappa shape index (κ1) is 26.4. The summed E-state index contributed by atoms with van der Waals surface area (Å²) >= 11 is 4.22. The average molecular weight is 585 g/mol. The number of carbonyl (C=O) groups is 3. The SMILES string of the molecule is COc1cc(/C=C2/SC(=O)N(CC(=O)Nc3cccc(F)c3)C2=O)c(Br)cc1OCc1cccc(C)c1. The van der Waals surface area contributed by atoms with Crippen LogP contribution in [-0.4, -0.2) is 35.6 Å². The summed E-state index contributed by atoms with van der Waals surface area (Å²) in [5.74, 6) is -0.771. The molecule has 1 N–H and O–H groups in total. The zero-order valence-corrected chi connectivity index (χ0v) is 22.3. The molecule has 0 unspecified atom stereocenters. The van der Waals surface area contributed by atoms with Gasteiger partial charge in [0, 0.05) is 10.2 Å². The first-order chi connectivity index (χ1) is 17.7. The third kappa shape index (κ3) is 6.58. The number of rotatable bonds is 8. The summed E-state index contributed by atoms with van der Waals surface area (Å²) in [4.78, 5) is 38.7. The highest BCUT2D eigenvalue weighted by atomic mass is 79.9. The van der Waals surface area contributed by atoms with Gasteiger partial charge >= 0.3 is 0 Å². The van der Waals surface area contributed by atoms with Gasteiger partial charge in [-0.25, -0.2) is 4.39 Å². The van der Waals surface area contributed by atoms with Crippen LogP contribution in [0, 0.1) is 12.7 Å². The van der Waals surface area contributed by atoms with Gasteiger partial charge in [-0.2, -0.15) is 0 Å². The second-order valence-corrected chi connectivity index (χ2v) is 9.98. The highest BCUT2D eigenvalue weighted by Crippen LogP contribution is 2.38. The van der Waals surface area contributed by atoms with Crippen molar-refractivity contribution in [2.24, 2.45) is 0 Å². The molecule has 0 spiro atoms. The molecular formula is C27H22BrFN2O5S. The van der Waals surface area contributed by atoms with E-state index >= 15 is 0 Å². The quantitative estimate of drug-likeness (QED) is 0.319. The monoisotopic (exact) mass is 584 g/mol. The molecule has 4 rings (SSSR count).